The summed E-state index contributed by atoms with van der Waals surface area (Å²) in [5.41, 5.74) is 1.59. The number of anilines is 1. The van der Waals surface area contributed by atoms with E-state index in [1.54, 1.807) is 54.1 Å². The second-order valence-corrected chi connectivity index (χ2v) is 22.9. The molecule has 2 fully saturated rings. The molecule has 0 bridgehead atoms. The Kier molecular flexibility index (Phi) is 16.4. The molecule has 0 radical (unpaired) electrons. The number of carbonyl (C=O) groups excluding carboxylic acids is 4. The summed E-state index contributed by atoms with van der Waals surface area (Å²) in [6.45, 7) is 9.02. The molecule has 0 unspecified atom stereocenters. The number of hydrogen-bond acceptors (Lipinski definition) is 16. The van der Waals surface area contributed by atoms with E-state index in [2.05, 4.69) is 41.0 Å². The normalized spacial score (nSPS) is 23.1. The van der Waals surface area contributed by atoms with Gasteiger partial charge in [0, 0.05) is 26.3 Å². The van der Waals surface area contributed by atoms with Gasteiger partial charge in [-0.05, 0) is 45.2 Å². The highest BCUT2D eigenvalue weighted by atomic mass is 28.4. The Morgan fingerprint density at radius 1 is 0.712 bits per heavy atom. The number of alkyl halides is 1. The fraction of sp³-hybridized carbons (Fsp3) is 0.377. The molecule has 384 valence electrons. The van der Waals surface area contributed by atoms with Crippen molar-refractivity contribution in [3.63, 3.8) is 0 Å². The predicted octanol–water partition coefficient (Wildman–Crippen LogP) is 6.02. The lowest BCUT2D eigenvalue weighted by Gasteiger charge is -2.44. The van der Waals surface area contributed by atoms with Crippen LogP contribution in [0, 0.1) is 0 Å². The maximum atomic E-state index is 17.4. The number of esters is 3. The first-order chi connectivity index (χ1) is 35.1. The minimum Gasteiger partial charge on any atom is -0.497 e. The summed E-state index contributed by atoms with van der Waals surface area (Å²) in [6.07, 6.45) is -10.8. The molecule has 8 rings (SSSR count). The molecule has 2 aromatic heterocycles. The van der Waals surface area contributed by atoms with E-state index in [1.165, 1.54) is 19.6 Å². The van der Waals surface area contributed by atoms with Gasteiger partial charge in [0.15, 0.2) is 47.9 Å². The van der Waals surface area contributed by atoms with Gasteiger partial charge in [-0.2, -0.15) is 0 Å². The van der Waals surface area contributed by atoms with Gasteiger partial charge in [0.05, 0.1) is 26.7 Å². The quantitative estimate of drug-likeness (QED) is 0.0593. The van der Waals surface area contributed by atoms with Gasteiger partial charge in [0.1, 0.15) is 43.1 Å². The summed E-state index contributed by atoms with van der Waals surface area (Å²) < 4.78 is 75.2. The van der Waals surface area contributed by atoms with Gasteiger partial charge in [0.25, 0.3) is 14.2 Å². The molecule has 6 aromatic rings. The van der Waals surface area contributed by atoms with Crippen LogP contribution >= 0.6 is 0 Å². The number of ether oxygens (including phenoxy) is 8. The number of carbonyl (C=O) groups is 4. The minimum absolute atomic E-state index is 0.0269. The number of rotatable bonds is 18. The van der Waals surface area contributed by atoms with Gasteiger partial charge >= 0.3 is 17.9 Å². The van der Waals surface area contributed by atoms with E-state index in [4.69, 9.17) is 42.3 Å². The standard InChI is InChI=1S/C53H58FN5O13Si/c1-32(60)65-28-40-44(68-33(2)61)46(69-34(3)62)42(54)52(71-40)72-45-41(29-67-73(53(4,5)6,38-19-13-9-14-20-38)39-21-15-10-16-22-39)70-51(47(45)66-27-35-23-25-37(64-7)26-24-35)59-31-57-43-48(55-30-56-49(43)59)58-50(63)36-17-11-8-12-18-36/h8-26,30-31,40-42,44-47,51-52H,27-29H2,1-7H3,(H,55,56,58,63)/t40-,41-,42-,44-,45-,46-,47-,51-,52-/m1/s1. The smallest absolute Gasteiger partial charge is 0.303 e. The van der Waals surface area contributed by atoms with E-state index in [9.17, 15) is 19.2 Å². The number of imidazole rings is 1. The third kappa shape index (κ3) is 11.6. The van der Waals surface area contributed by atoms with Crippen molar-refractivity contribution >= 4 is 59.5 Å². The summed E-state index contributed by atoms with van der Waals surface area (Å²) in [6, 6.07) is 35.7. The molecular formula is C53H58FN5O13Si. The molecule has 2 saturated heterocycles. The number of hydrogen-bond donors (Lipinski definition) is 1. The van der Waals surface area contributed by atoms with Crippen LogP contribution in [0.15, 0.2) is 128 Å². The average molecular weight is 1020 g/mol. The minimum atomic E-state index is -3.31. The lowest BCUT2D eigenvalue weighted by atomic mass is 9.99. The van der Waals surface area contributed by atoms with Crippen molar-refractivity contribution in [3.8, 4) is 5.75 Å². The van der Waals surface area contributed by atoms with E-state index in [0.717, 1.165) is 29.8 Å². The monoisotopic (exact) mass is 1020 g/mol. The average Bonchev–Trinajstić information content (AvgIpc) is 3.96. The Morgan fingerprint density at radius 3 is 1.90 bits per heavy atom. The van der Waals surface area contributed by atoms with Crippen LogP contribution in [0.3, 0.4) is 0 Å². The highest BCUT2D eigenvalue weighted by Crippen LogP contribution is 2.42. The lowest BCUT2D eigenvalue weighted by molar-refractivity contribution is -0.310. The number of aromatic nitrogens is 4. The number of nitrogens with one attached hydrogen (secondary N) is 1. The first kappa shape index (κ1) is 52.4. The summed E-state index contributed by atoms with van der Waals surface area (Å²) >= 11 is 0. The molecule has 18 nitrogen and oxygen atoms in total. The van der Waals surface area contributed by atoms with Crippen LogP contribution in [-0.4, -0.2) is 121 Å². The van der Waals surface area contributed by atoms with Crippen molar-refractivity contribution in [2.24, 2.45) is 0 Å². The summed E-state index contributed by atoms with van der Waals surface area (Å²) in [4.78, 5) is 64.2. The van der Waals surface area contributed by atoms with Crippen LogP contribution in [0.2, 0.25) is 5.04 Å². The predicted molar refractivity (Wildman–Crippen MR) is 265 cm³/mol. The van der Waals surface area contributed by atoms with Crippen molar-refractivity contribution in [3.05, 3.63) is 139 Å². The Balaban J connectivity index is 1.25. The Bertz CT molecular complexity index is 2800. The Morgan fingerprint density at radius 2 is 1.32 bits per heavy atom. The van der Waals surface area contributed by atoms with Gasteiger partial charge in [-0.1, -0.05) is 112 Å². The van der Waals surface area contributed by atoms with Crippen LogP contribution in [-0.2, 0) is 58.6 Å². The summed E-state index contributed by atoms with van der Waals surface area (Å²) in [7, 11) is -1.75. The van der Waals surface area contributed by atoms with Crippen molar-refractivity contribution in [1.29, 1.82) is 0 Å². The fourth-order valence-corrected chi connectivity index (χ4v) is 13.9. The van der Waals surface area contributed by atoms with Gasteiger partial charge in [-0.25, -0.2) is 19.3 Å². The third-order valence-corrected chi connectivity index (χ3v) is 17.6. The highest BCUT2D eigenvalue weighted by Gasteiger charge is 2.57. The maximum absolute atomic E-state index is 17.4. The number of fused-ring (bicyclic) bond motifs is 1. The van der Waals surface area contributed by atoms with Crippen LogP contribution in [0.1, 0.15) is 63.7 Å². The second kappa shape index (κ2) is 22.9. The number of benzene rings is 4. The zero-order valence-corrected chi connectivity index (χ0v) is 42.4. The number of halogens is 1. The molecule has 0 saturated carbocycles. The summed E-state index contributed by atoms with van der Waals surface area (Å²) in [5.74, 6) is -2.10. The Hall–Kier alpha value is -6.94. The van der Waals surface area contributed by atoms with Crippen molar-refractivity contribution < 1.29 is 65.9 Å². The van der Waals surface area contributed by atoms with Gasteiger partial charge in [0.2, 0.25) is 0 Å². The molecule has 2 aliphatic rings. The molecule has 20 heteroatoms. The van der Waals surface area contributed by atoms with Gasteiger partial charge in [-0.15, -0.1) is 0 Å². The van der Waals surface area contributed by atoms with E-state index >= 15 is 4.39 Å². The molecule has 0 spiro atoms. The number of nitrogens with zero attached hydrogens (tertiary/aromatic N) is 4. The zero-order chi connectivity index (χ0) is 51.9. The summed E-state index contributed by atoms with van der Waals surface area (Å²) in [5, 5.41) is 4.30. The van der Waals surface area contributed by atoms with E-state index in [1.807, 2.05) is 72.8 Å². The molecule has 4 heterocycles. The van der Waals surface area contributed by atoms with E-state index < -0.39 is 99.1 Å². The number of amides is 1. The molecule has 1 N–H and O–H groups in total. The molecule has 2 aliphatic heterocycles. The zero-order valence-electron chi connectivity index (χ0n) is 41.4. The van der Waals surface area contributed by atoms with Gasteiger partial charge in [-0.3, -0.25) is 23.7 Å². The molecule has 9 atom stereocenters. The van der Waals surface area contributed by atoms with Gasteiger partial charge < -0.3 is 47.6 Å². The largest absolute Gasteiger partial charge is 0.497 e. The SMILES string of the molecule is COc1ccc(CO[C@@H]2[C@H](O[C@H]3O[C@H](COC(C)=O)[C@@H](OC(C)=O)[C@H](OC(C)=O)[C@H]3F)[C@@H](CO[Si](c3ccccc3)(c3ccccc3)C(C)(C)C)O[C@H]2n2cnc3c(NC(=O)c4ccccc4)ncnc32)cc1. The maximum Gasteiger partial charge on any atom is 0.303 e. The molecule has 0 aliphatic carbocycles. The van der Waals surface area contributed by atoms with Crippen molar-refractivity contribution in [2.45, 2.75) is 109 Å². The second-order valence-electron chi connectivity index (χ2n) is 18.6. The lowest BCUT2D eigenvalue weighted by Crippen LogP contribution is -2.67. The Labute approximate surface area is 422 Å². The molecular weight excluding hydrogens is 962 g/mol. The van der Waals surface area contributed by atoms with Crippen molar-refractivity contribution in [2.75, 3.05) is 25.6 Å². The first-order valence-electron chi connectivity index (χ1n) is 23.7. The van der Waals surface area contributed by atoms with Crippen LogP contribution in [0.5, 0.6) is 5.75 Å². The van der Waals surface area contributed by atoms with Crippen molar-refractivity contribution in [1.82, 2.24) is 19.5 Å². The molecule has 73 heavy (non-hydrogen) atoms. The third-order valence-electron chi connectivity index (χ3n) is 12.6. The number of methoxy groups -OCH3 is 1. The topological polar surface area (TPSA) is 207 Å². The van der Waals surface area contributed by atoms with Crippen LogP contribution in [0.4, 0.5) is 10.2 Å². The molecule has 1 amide bonds. The fourth-order valence-electron chi connectivity index (χ4n) is 9.32. The van der Waals surface area contributed by atoms with Crippen LogP contribution in [0.25, 0.3) is 11.2 Å². The van der Waals surface area contributed by atoms with E-state index in [0.29, 0.717) is 11.3 Å². The van der Waals surface area contributed by atoms with E-state index in [-0.39, 0.29) is 30.2 Å². The first-order valence-corrected chi connectivity index (χ1v) is 25.6. The molecule has 4 aromatic carbocycles. The highest BCUT2D eigenvalue weighted by molar-refractivity contribution is 6.99. The van der Waals surface area contributed by atoms with Crippen LogP contribution < -0.4 is 20.4 Å².